The molecule has 0 aromatic heterocycles. The van der Waals surface area contributed by atoms with Gasteiger partial charge in [-0.15, -0.1) is 0 Å². The van der Waals surface area contributed by atoms with Crippen LogP contribution in [0.1, 0.15) is 92.9 Å². The predicted molar refractivity (Wildman–Crippen MR) is 137 cm³/mol. The number of hydrogen-bond acceptors (Lipinski definition) is 5. The highest BCUT2D eigenvalue weighted by atomic mass is 16.4. The van der Waals surface area contributed by atoms with E-state index in [9.17, 15) is 30.3 Å². The number of carboxylic acids is 1. The van der Waals surface area contributed by atoms with E-state index in [1.807, 2.05) is 6.92 Å². The molecular formula is C30H48O6. The predicted octanol–water partition coefficient (Wildman–Crippen LogP) is 4.15. The van der Waals surface area contributed by atoms with Crippen molar-refractivity contribution in [1.29, 1.82) is 0 Å². The first kappa shape index (κ1) is 26.6. The third kappa shape index (κ3) is 2.96. The summed E-state index contributed by atoms with van der Waals surface area (Å²) in [4.78, 5) is 12.8. The van der Waals surface area contributed by atoms with Crippen LogP contribution < -0.4 is 0 Å². The van der Waals surface area contributed by atoms with Gasteiger partial charge in [-0.1, -0.05) is 53.2 Å². The number of fused-ring (bicyclic) bond motifs is 7. The van der Waals surface area contributed by atoms with Crippen LogP contribution in [-0.2, 0) is 4.79 Å². The van der Waals surface area contributed by atoms with Crippen LogP contribution in [0.5, 0.6) is 0 Å². The van der Waals surface area contributed by atoms with Gasteiger partial charge >= 0.3 is 5.97 Å². The van der Waals surface area contributed by atoms with Crippen LogP contribution in [0, 0.1) is 50.2 Å². The molecule has 0 aliphatic heterocycles. The fraction of sp³-hybridized carbons (Fsp3) is 0.900. The highest BCUT2D eigenvalue weighted by Crippen LogP contribution is 2.75. The Morgan fingerprint density at radius 3 is 2.17 bits per heavy atom. The summed E-state index contributed by atoms with van der Waals surface area (Å²) in [6, 6.07) is 0. The summed E-state index contributed by atoms with van der Waals surface area (Å²) in [5, 5.41) is 54.5. The molecule has 0 aromatic carbocycles. The van der Waals surface area contributed by atoms with Gasteiger partial charge in [0.25, 0.3) is 0 Å². The molecule has 5 N–H and O–H groups in total. The van der Waals surface area contributed by atoms with E-state index in [4.69, 9.17) is 0 Å². The Morgan fingerprint density at radius 2 is 1.56 bits per heavy atom. The number of carbonyl (C=O) groups is 1. The monoisotopic (exact) mass is 504 g/mol. The zero-order valence-electron chi connectivity index (χ0n) is 23.0. The lowest BCUT2D eigenvalue weighted by molar-refractivity contribution is -0.245. The molecule has 5 aliphatic rings. The van der Waals surface area contributed by atoms with Crippen molar-refractivity contribution in [3.05, 3.63) is 11.6 Å². The molecular weight excluding hydrogens is 456 g/mol. The second-order valence-electron chi connectivity index (χ2n) is 15.0. The average molecular weight is 505 g/mol. The molecule has 0 amide bonds. The van der Waals surface area contributed by atoms with E-state index in [-0.39, 0.29) is 46.0 Å². The molecule has 4 fully saturated rings. The summed E-state index contributed by atoms with van der Waals surface area (Å²) in [7, 11) is 0. The van der Waals surface area contributed by atoms with Crippen molar-refractivity contribution in [2.45, 2.75) is 111 Å². The van der Waals surface area contributed by atoms with E-state index >= 15 is 0 Å². The van der Waals surface area contributed by atoms with Crippen LogP contribution in [0.15, 0.2) is 11.6 Å². The zero-order valence-corrected chi connectivity index (χ0v) is 23.0. The van der Waals surface area contributed by atoms with Crippen molar-refractivity contribution in [1.82, 2.24) is 0 Å². The molecule has 5 aliphatic carbocycles. The van der Waals surface area contributed by atoms with Crippen LogP contribution in [0.3, 0.4) is 0 Å². The Balaban J connectivity index is 1.63. The summed E-state index contributed by atoms with van der Waals surface area (Å²) in [6.45, 7) is 12.9. The maximum atomic E-state index is 12.8. The standard InChI is InChI=1S/C30H48O6/c1-25(2)11-13-30(24(35)36)14-12-28(5)17(21(30)23(25)34)7-8-20-26(3)15-18(32)22(33)27(4,16-31)19(26)9-10-29(20,28)6/h7,18-23,31-34H,8-16H2,1-6H3,(H,35,36)/t18-,19?,20-,21+,22+,23+,26+,27?,28-,29-,30+/m1/s1. The number of aliphatic hydroxyl groups excluding tert-OH is 4. The van der Waals surface area contributed by atoms with Gasteiger partial charge in [0.05, 0.1) is 30.3 Å². The minimum Gasteiger partial charge on any atom is -0.481 e. The van der Waals surface area contributed by atoms with Crippen molar-refractivity contribution in [3.63, 3.8) is 0 Å². The van der Waals surface area contributed by atoms with Crippen molar-refractivity contribution in [3.8, 4) is 0 Å². The SMILES string of the molecule is CC1(C)CC[C@]2(C(=O)O)CC[C@]3(C)C(=CC[C@@H]4[C@@]5(C)C[C@@H](O)[C@H](O)C(C)(CO)C5CC[C@]43C)[C@H]2[C@@H]1O. The van der Waals surface area contributed by atoms with Crippen molar-refractivity contribution in [2.75, 3.05) is 6.61 Å². The molecule has 0 aromatic rings. The van der Waals surface area contributed by atoms with Gasteiger partial charge < -0.3 is 25.5 Å². The molecule has 0 saturated heterocycles. The van der Waals surface area contributed by atoms with E-state index in [2.05, 4.69) is 40.7 Å². The highest BCUT2D eigenvalue weighted by Gasteiger charge is 2.71. The van der Waals surface area contributed by atoms with Gasteiger partial charge in [0.1, 0.15) is 0 Å². The Bertz CT molecular complexity index is 974. The lowest BCUT2D eigenvalue weighted by atomic mass is 9.33. The van der Waals surface area contributed by atoms with E-state index < -0.39 is 35.1 Å². The van der Waals surface area contributed by atoms with Crippen LogP contribution in [-0.4, -0.2) is 56.4 Å². The summed E-state index contributed by atoms with van der Waals surface area (Å²) in [5.74, 6) is -0.833. The first-order chi connectivity index (χ1) is 16.5. The third-order valence-electron chi connectivity index (χ3n) is 13.4. The number of carboxylic acid groups (broad SMARTS) is 1. The Labute approximate surface area is 216 Å². The molecule has 0 heterocycles. The maximum Gasteiger partial charge on any atom is 0.310 e. The minimum absolute atomic E-state index is 0.0888. The number of hydrogen-bond donors (Lipinski definition) is 5. The lowest BCUT2D eigenvalue weighted by Gasteiger charge is -2.71. The van der Waals surface area contributed by atoms with E-state index in [0.29, 0.717) is 25.7 Å². The molecule has 204 valence electrons. The van der Waals surface area contributed by atoms with Crippen molar-refractivity contribution >= 4 is 5.97 Å². The van der Waals surface area contributed by atoms with Crippen LogP contribution >= 0.6 is 0 Å². The van der Waals surface area contributed by atoms with E-state index in [1.165, 1.54) is 0 Å². The van der Waals surface area contributed by atoms with Crippen molar-refractivity contribution in [2.24, 2.45) is 50.2 Å². The smallest absolute Gasteiger partial charge is 0.310 e. The molecule has 2 unspecified atom stereocenters. The molecule has 11 atom stereocenters. The summed E-state index contributed by atoms with van der Waals surface area (Å²) < 4.78 is 0. The average Bonchev–Trinajstić information content (AvgIpc) is 2.80. The lowest BCUT2D eigenvalue weighted by Crippen LogP contribution is -2.69. The number of aliphatic carboxylic acids is 1. The molecule has 4 saturated carbocycles. The van der Waals surface area contributed by atoms with Gasteiger partial charge in [0.2, 0.25) is 0 Å². The second-order valence-corrected chi connectivity index (χ2v) is 15.0. The van der Waals surface area contributed by atoms with Gasteiger partial charge in [-0.3, -0.25) is 4.79 Å². The Morgan fingerprint density at radius 1 is 0.917 bits per heavy atom. The topological polar surface area (TPSA) is 118 Å². The minimum atomic E-state index is -0.944. The zero-order chi connectivity index (χ0) is 26.7. The molecule has 6 heteroatoms. The first-order valence-corrected chi connectivity index (χ1v) is 14.1. The Kier molecular flexibility index (Phi) is 5.77. The van der Waals surface area contributed by atoms with Gasteiger partial charge in [-0.05, 0) is 84.9 Å². The Hall–Kier alpha value is -0.950. The normalized spacial score (nSPS) is 55.9. The van der Waals surface area contributed by atoms with Gasteiger partial charge in [0, 0.05) is 11.3 Å². The largest absolute Gasteiger partial charge is 0.481 e. The first-order valence-electron chi connectivity index (χ1n) is 14.1. The highest BCUT2D eigenvalue weighted by molar-refractivity contribution is 5.77. The summed E-state index contributed by atoms with van der Waals surface area (Å²) in [6.07, 6.45) is 5.48. The van der Waals surface area contributed by atoms with Crippen molar-refractivity contribution < 1.29 is 30.3 Å². The third-order valence-corrected chi connectivity index (χ3v) is 13.4. The number of allylic oxidation sites excluding steroid dienone is 1. The summed E-state index contributed by atoms with van der Waals surface area (Å²) >= 11 is 0. The van der Waals surface area contributed by atoms with Gasteiger partial charge in [0.15, 0.2) is 0 Å². The fourth-order valence-electron chi connectivity index (χ4n) is 10.8. The summed E-state index contributed by atoms with van der Waals surface area (Å²) in [5.41, 5.74) is -1.50. The van der Waals surface area contributed by atoms with Crippen LogP contribution in [0.25, 0.3) is 0 Å². The van der Waals surface area contributed by atoms with Crippen LogP contribution in [0.4, 0.5) is 0 Å². The number of aliphatic hydroxyl groups is 4. The fourth-order valence-corrected chi connectivity index (χ4v) is 10.8. The molecule has 36 heavy (non-hydrogen) atoms. The maximum absolute atomic E-state index is 12.8. The number of rotatable bonds is 2. The quantitative estimate of drug-likeness (QED) is 0.361. The van der Waals surface area contributed by atoms with Crippen LogP contribution in [0.2, 0.25) is 0 Å². The molecule has 0 bridgehead atoms. The molecule has 0 radical (unpaired) electrons. The molecule has 5 rings (SSSR count). The van der Waals surface area contributed by atoms with E-state index in [1.54, 1.807) is 0 Å². The second kappa shape index (κ2) is 7.80. The molecule has 6 nitrogen and oxygen atoms in total. The molecule has 0 spiro atoms. The van der Waals surface area contributed by atoms with E-state index in [0.717, 1.165) is 31.3 Å². The van der Waals surface area contributed by atoms with Gasteiger partial charge in [-0.25, -0.2) is 0 Å². The van der Waals surface area contributed by atoms with Gasteiger partial charge in [-0.2, -0.15) is 0 Å².